The molecule has 0 spiro atoms. The predicted molar refractivity (Wildman–Crippen MR) is 70.8 cm³/mol. The number of amides is 1. The van der Waals surface area contributed by atoms with Crippen LogP contribution in [0.3, 0.4) is 0 Å². The van der Waals surface area contributed by atoms with E-state index in [0.29, 0.717) is 18.2 Å². The number of likely N-dealkylation sites (tertiary alicyclic amines) is 1. The number of piperidine rings is 1. The average Bonchev–Trinajstić information content (AvgIpc) is 2.74. The molecule has 1 aliphatic heterocycles. The molecule has 2 atom stereocenters. The Balaban J connectivity index is 2.17. The first-order valence-corrected chi connectivity index (χ1v) is 6.77. The first-order valence-electron chi connectivity index (χ1n) is 5.98. The molecule has 0 radical (unpaired) electrons. The summed E-state index contributed by atoms with van der Waals surface area (Å²) >= 11 is 3.34. The van der Waals surface area contributed by atoms with Gasteiger partial charge in [-0.2, -0.15) is 0 Å². The molecule has 1 aromatic heterocycles. The van der Waals surface area contributed by atoms with E-state index in [4.69, 9.17) is 5.73 Å². The standard InChI is InChI=1S/C12H18BrN3O/c1-8-3-2-4-16(11(8)6-14)12(17)10-5-9(13)7-15-10/h5,7-8,11,15H,2-4,6,14H2,1H3. The van der Waals surface area contributed by atoms with Crippen LogP contribution in [0.25, 0.3) is 0 Å². The molecule has 0 bridgehead atoms. The highest BCUT2D eigenvalue weighted by molar-refractivity contribution is 9.10. The zero-order valence-corrected chi connectivity index (χ0v) is 11.5. The van der Waals surface area contributed by atoms with Crippen molar-refractivity contribution in [3.8, 4) is 0 Å². The highest BCUT2D eigenvalue weighted by Gasteiger charge is 2.31. The van der Waals surface area contributed by atoms with Crippen molar-refractivity contribution in [1.29, 1.82) is 0 Å². The van der Waals surface area contributed by atoms with Gasteiger partial charge in [0.2, 0.25) is 0 Å². The molecule has 2 rings (SSSR count). The molecule has 5 heteroatoms. The van der Waals surface area contributed by atoms with Crippen molar-refractivity contribution < 1.29 is 4.79 Å². The van der Waals surface area contributed by atoms with Gasteiger partial charge in [0.15, 0.2) is 0 Å². The van der Waals surface area contributed by atoms with E-state index in [2.05, 4.69) is 27.8 Å². The lowest BCUT2D eigenvalue weighted by Gasteiger charge is -2.39. The van der Waals surface area contributed by atoms with Crippen molar-refractivity contribution in [2.24, 2.45) is 11.7 Å². The second-order valence-corrected chi connectivity index (χ2v) is 5.57. The van der Waals surface area contributed by atoms with Gasteiger partial charge in [-0.1, -0.05) is 6.92 Å². The summed E-state index contributed by atoms with van der Waals surface area (Å²) in [6, 6.07) is 1.98. The fourth-order valence-electron chi connectivity index (χ4n) is 2.51. The van der Waals surface area contributed by atoms with Crippen LogP contribution in [0.4, 0.5) is 0 Å². The van der Waals surface area contributed by atoms with Gasteiger partial charge in [-0.25, -0.2) is 0 Å². The van der Waals surface area contributed by atoms with Crippen molar-refractivity contribution >= 4 is 21.8 Å². The number of aromatic amines is 1. The van der Waals surface area contributed by atoms with Gasteiger partial charge < -0.3 is 15.6 Å². The molecule has 1 fully saturated rings. The molecule has 17 heavy (non-hydrogen) atoms. The first kappa shape index (κ1) is 12.6. The number of nitrogens with two attached hydrogens (primary N) is 1. The van der Waals surface area contributed by atoms with Crippen LogP contribution in [0.2, 0.25) is 0 Å². The van der Waals surface area contributed by atoms with Crippen LogP contribution in [0.1, 0.15) is 30.3 Å². The monoisotopic (exact) mass is 299 g/mol. The minimum absolute atomic E-state index is 0.0534. The summed E-state index contributed by atoms with van der Waals surface area (Å²) in [6.45, 7) is 3.51. The SMILES string of the molecule is CC1CCCN(C(=O)c2cc(Br)c[nH]2)C1CN. The van der Waals surface area contributed by atoms with Crippen LogP contribution in [-0.2, 0) is 0 Å². The smallest absolute Gasteiger partial charge is 0.270 e. The highest BCUT2D eigenvalue weighted by atomic mass is 79.9. The first-order chi connectivity index (χ1) is 8.13. The zero-order chi connectivity index (χ0) is 12.4. The number of hydrogen-bond acceptors (Lipinski definition) is 2. The third kappa shape index (κ3) is 2.55. The number of H-pyrrole nitrogens is 1. The summed E-state index contributed by atoms with van der Waals surface area (Å²) in [5.41, 5.74) is 6.42. The van der Waals surface area contributed by atoms with Gasteiger partial charge >= 0.3 is 0 Å². The topological polar surface area (TPSA) is 62.1 Å². The number of nitrogens with zero attached hydrogens (tertiary/aromatic N) is 1. The third-order valence-electron chi connectivity index (χ3n) is 3.50. The Labute approximate surface area is 110 Å². The van der Waals surface area contributed by atoms with E-state index in [9.17, 15) is 4.79 Å². The Morgan fingerprint density at radius 1 is 1.71 bits per heavy atom. The summed E-state index contributed by atoms with van der Waals surface area (Å²) in [4.78, 5) is 17.2. The second kappa shape index (κ2) is 5.23. The van der Waals surface area contributed by atoms with Gasteiger partial charge in [-0.3, -0.25) is 4.79 Å². The number of hydrogen-bond donors (Lipinski definition) is 2. The van der Waals surface area contributed by atoms with Crippen molar-refractivity contribution in [2.45, 2.75) is 25.8 Å². The van der Waals surface area contributed by atoms with E-state index in [-0.39, 0.29) is 11.9 Å². The van der Waals surface area contributed by atoms with Crippen LogP contribution in [0.15, 0.2) is 16.7 Å². The maximum atomic E-state index is 12.3. The normalized spacial score (nSPS) is 25.0. The molecule has 1 aromatic rings. The molecule has 1 aliphatic rings. The Morgan fingerprint density at radius 3 is 3.06 bits per heavy atom. The third-order valence-corrected chi connectivity index (χ3v) is 3.95. The van der Waals surface area contributed by atoms with Crippen molar-refractivity contribution in [1.82, 2.24) is 9.88 Å². The van der Waals surface area contributed by atoms with Crippen LogP contribution in [0.5, 0.6) is 0 Å². The molecule has 94 valence electrons. The average molecular weight is 300 g/mol. The lowest BCUT2D eigenvalue weighted by atomic mass is 9.90. The largest absolute Gasteiger partial charge is 0.356 e. The molecule has 1 amide bonds. The molecular formula is C12H18BrN3O. The Hall–Kier alpha value is -0.810. The number of carbonyl (C=O) groups is 1. The van der Waals surface area contributed by atoms with Gasteiger partial charge in [0.1, 0.15) is 5.69 Å². The predicted octanol–water partition coefficient (Wildman–Crippen LogP) is 1.98. The van der Waals surface area contributed by atoms with Gasteiger partial charge in [-0.15, -0.1) is 0 Å². The summed E-state index contributed by atoms with van der Waals surface area (Å²) in [7, 11) is 0. The van der Waals surface area contributed by atoms with Crippen LogP contribution in [-0.4, -0.2) is 34.9 Å². The van der Waals surface area contributed by atoms with E-state index < -0.39 is 0 Å². The summed E-state index contributed by atoms with van der Waals surface area (Å²) in [5, 5.41) is 0. The number of rotatable bonds is 2. The number of aromatic nitrogens is 1. The Kier molecular flexibility index (Phi) is 3.89. The molecule has 4 nitrogen and oxygen atoms in total. The molecular weight excluding hydrogens is 282 g/mol. The summed E-state index contributed by atoms with van der Waals surface area (Å²) in [6.07, 6.45) is 3.99. The molecule has 0 aliphatic carbocycles. The maximum Gasteiger partial charge on any atom is 0.270 e. The fraction of sp³-hybridized carbons (Fsp3) is 0.583. The van der Waals surface area contributed by atoms with E-state index in [1.807, 2.05) is 11.0 Å². The zero-order valence-electron chi connectivity index (χ0n) is 9.95. The fourth-order valence-corrected chi connectivity index (χ4v) is 2.85. The Morgan fingerprint density at radius 2 is 2.47 bits per heavy atom. The van der Waals surface area contributed by atoms with Crippen molar-refractivity contribution in [3.63, 3.8) is 0 Å². The molecule has 1 saturated heterocycles. The van der Waals surface area contributed by atoms with Crippen LogP contribution >= 0.6 is 15.9 Å². The quantitative estimate of drug-likeness (QED) is 0.877. The minimum atomic E-state index is 0.0534. The van der Waals surface area contributed by atoms with Crippen LogP contribution < -0.4 is 5.73 Å². The lowest BCUT2D eigenvalue weighted by Crippen LogP contribution is -2.51. The molecule has 2 unspecified atom stereocenters. The van der Waals surface area contributed by atoms with E-state index in [1.165, 1.54) is 0 Å². The number of carbonyl (C=O) groups excluding carboxylic acids is 1. The second-order valence-electron chi connectivity index (χ2n) is 4.65. The molecule has 0 saturated carbocycles. The van der Waals surface area contributed by atoms with Crippen LogP contribution in [0, 0.1) is 5.92 Å². The van der Waals surface area contributed by atoms with E-state index in [0.717, 1.165) is 23.9 Å². The van der Waals surface area contributed by atoms with Crippen molar-refractivity contribution in [2.75, 3.05) is 13.1 Å². The lowest BCUT2D eigenvalue weighted by molar-refractivity contribution is 0.0527. The molecule has 0 aromatic carbocycles. The van der Waals surface area contributed by atoms with E-state index in [1.54, 1.807) is 6.20 Å². The van der Waals surface area contributed by atoms with Gasteiger partial charge in [-0.05, 0) is 40.8 Å². The maximum absolute atomic E-state index is 12.3. The Bertz CT molecular complexity index is 404. The van der Waals surface area contributed by atoms with E-state index >= 15 is 0 Å². The summed E-state index contributed by atoms with van der Waals surface area (Å²) < 4.78 is 0.898. The minimum Gasteiger partial charge on any atom is -0.356 e. The number of halogens is 1. The van der Waals surface area contributed by atoms with Gasteiger partial charge in [0.05, 0.1) is 0 Å². The highest BCUT2D eigenvalue weighted by Crippen LogP contribution is 2.24. The molecule has 3 N–H and O–H groups in total. The van der Waals surface area contributed by atoms with Crippen molar-refractivity contribution in [3.05, 3.63) is 22.4 Å². The van der Waals surface area contributed by atoms with Gasteiger partial charge in [0.25, 0.3) is 5.91 Å². The number of nitrogens with one attached hydrogen (secondary N) is 1. The summed E-state index contributed by atoms with van der Waals surface area (Å²) in [5.74, 6) is 0.536. The van der Waals surface area contributed by atoms with Gasteiger partial charge in [0, 0.05) is 29.8 Å². The molecule has 2 heterocycles.